The summed E-state index contributed by atoms with van der Waals surface area (Å²) < 4.78 is 6.60. The van der Waals surface area contributed by atoms with E-state index in [4.69, 9.17) is 4.43 Å². The number of rotatable bonds is 10. The number of nitrogens with zero attached hydrogens (tertiary/aromatic N) is 1. The smallest absolute Gasteiger partial charge is 0.272 e. The molecule has 0 aliphatic heterocycles. The zero-order valence-electron chi connectivity index (χ0n) is 20.0. The Bertz CT molecular complexity index is 677. The zero-order valence-corrected chi connectivity index (χ0v) is 21.0. The Morgan fingerprint density at radius 1 is 1.20 bits per heavy atom. The third-order valence-electron chi connectivity index (χ3n) is 6.59. The van der Waals surface area contributed by atoms with E-state index in [-0.39, 0.29) is 22.1 Å². The fourth-order valence-corrected chi connectivity index (χ4v) is 5.66. The summed E-state index contributed by atoms with van der Waals surface area (Å²) in [5, 5.41) is 11.8. The molecule has 2 atom stereocenters. The van der Waals surface area contributed by atoms with Crippen LogP contribution >= 0.6 is 0 Å². The van der Waals surface area contributed by atoms with Crippen LogP contribution in [0.2, 0.25) is 13.1 Å². The Balaban J connectivity index is 2.42. The van der Waals surface area contributed by atoms with Gasteiger partial charge in [0.25, 0.3) is 5.69 Å². The van der Waals surface area contributed by atoms with Gasteiger partial charge in [-0.2, -0.15) is 0 Å². The van der Waals surface area contributed by atoms with E-state index in [9.17, 15) is 10.1 Å². The van der Waals surface area contributed by atoms with E-state index < -0.39 is 9.04 Å². The second-order valence-corrected chi connectivity index (χ2v) is 12.5. The van der Waals surface area contributed by atoms with Gasteiger partial charge in [0, 0.05) is 11.6 Å². The van der Waals surface area contributed by atoms with Crippen LogP contribution in [0.5, 0.6) is 0 Å². The molecule has 0 heterocycles. The van der Waals surface area contributed by atoms with Crippen LogP contribution in [-0.2, 0) is 10.8 Å². The Morgan fingerprint density at radius 2 is 1.87 bits per heavy atom. The number of hydrogen-bond acceptors (Lipinski definition) is 3. The van der Waals surface area contributed by atoms with Crippen LogP contribution in [0.15, 0.2) is 18.2 Å². The van der Waals surface area contributed by atoms with E-state index in [1.54, 1.807) is 0 Å². The van der Waals surface area contributed by atoms with Crippen LogP contribution in [0.4, 0.5) is 5.69 Å². The summed E-state index contributed by atoms with van der Waals surface area (Å²) in [6, 6.07) is 5.91. The Kier molecular flexibility index (Phi) is 9.54. The van der Waals surface area contributed by atoms with Crippen LogP contribution in [0.3, 0.4) is 0 Å². The fourth-order valence-electron chi connectivity index (χ4n) is 4.86. The van der Waals surface area contributed by atoms with Gasteiger partial charge in [0.15, 0.2) is 0 Å². The number of aryl methyl sites for hydroxylation is 1. The van der Waals surface area contributed by atoms with Gasteiger partial charge in [-0.05, 0) is 55.2 Å². The summed E-state index contributed by atoms with van der Waals surface area (Å²) in [6.45, 7) is 13.4. The van der Waals surface area contributed by atoms with Crippen molar-refractivity contribution in [1.29, 1.82) is 0 Å². The summed E-state index contributed by atoms with van der Waals surface area (Å²) in [5.74, 6) is 1.10. The van der Waals surface area contributed by atoms with E-state index >= 15 is 0 Å². The maximum atomic E-state index is 11.8. The molecular formula is C25H42NO3Si. The molecule has 1 fully saturated rings. The van der Waals surface area contributed by atoms with Crippen molar-refractivity contribution < 1.29 is 9.35 Å². The lowest BCUT2D eigenvalue weighted by Crippen LogP contribution is -2.33. The second kappa shape index (κ2) is 11.4. The summed E-state index contributed by atoms with van der Waals surface area (Å²) in [5.41, 5.74) is 2.18. The van der Waals surface area contributed by atoms with E-state index in [2.05, 4.69) is 46.9 Å². The molecule has 0 N–H and O–H groups in total. The summed E-state index contributed by atoms with van der Waals surface area (Å²) >= 11 is 0. The molecule has 30 heavy (non-hydrogen) atoms. The first-order chi connectivity index (χ1) is 14.1. The predicted molar refractivity (Wildman–Crippen MR) is 127 cm³/mol. The highest BCUT2D eigenvalue weighted by atomic mass is 28.3. The second-order valence-electron chi connectivity index (χ2n) is 10.4. The number of nitro groups is 1. The van der Waals surface area contributed by atoms with Gasteiger partial charge in [-0.25, -0.2) is 0 Å². The molecule has 0 spiro atoms. The van der Waals surface area contributed by atoms with Crippen molar-refractivity contribution >= 4 is 14.7 Å². The van der Waals surface area contributed by atoms with Crippen molar-refractivity contribution in [2.45, 2.75) is 105 Å². The lowest BCUT2D eigenvalue weighted by molar-refractivity contribution is -0.385. The average molecular weight is 433 g/mol. The number of nitro benzene ring substituents is 1. The van der Waals surface area contributed by atoms with Crippen molar-refractivity contribution in [1.82, 2.24) is 0 Å². The highest BCUT2D eigenvalue weighted by molar-refractivity contribution is 6.48. The van der Waals surface area contributed by atoms with E-state index in [0.29, 0.717) is 5.92 Å². The molecule has 1 aromatic rings. The van der Waals surface area contributed by atoms with Gasteiger partial charge in [0.05, 0.1) is 11.0 Å². The first-order valence-electron chi connectivity index (χ1n) is 11.9. The third kappa shape index (κ3) is 7.19. The van der Waals surface area contributed by atoms with Gasteiger partial charge in [0.1, 0.15) is 0 Å². The quantitative estimate of drug-likeness (QED) is 0.215. The Morgan fingerprint density at radius 3 is 2.40 bits per heavy atom. The van der Waals surface area contributed by atoms with Crippen LogP contribution in [0, 0.1) is 27.4 Å². The molecule has 1 aliphatic rings. The molecule has 2 unspecified atom stereocenters. The molecule has 0 bridgehead atoms. The van der Waals surface area contributed by atoms with Crippen molar-refractivity contribution in [2.24, 2.45) is 17.3 Å². The van der Waals surface area contributed by atoms with Gasteiger partial charge in [-0.3, -0.25) is 10.1 Å². The molecule has 5 heteroatoms. The maximum absolute atomic E-state index is 11.8. The first kappa shape index (κ1) is 25.1. The lowest BCUT2D eigenvalue weighted by atomic mass is 9.69. The summed E-state index contributed by atoms with van der Waals surface area (Å²) in [7, 11) is -0.951. The fraction of sp³-hybridized carbons (Fsp3) is 0.760. The molecule has 1 aliphatic carbocycles. The number of hydrogen-bond donors (Lipinski definition) is 0. The summed E-state index contributed by atoms with van der Waals surface area (Å²) in [6.07, 6.45) is 10.5. The monoisotopic (exact) mass is 432 g/mol. The third-order valence-corrected chi connectivity index (χ3v) is 7.31. The minimum absolute atomic E-state index is 0.0743. The topological polar surface area (TPSA) is 52.4 Å². The predicted octanol–water partition coefficient (Wildman–Crippen LogP) is 7.88. The molecule has 169 valence electrons. The van der Waals surface area contributed by atoms with Crippen LogP contribution in [0.1, 0.15) is 96.3 Å². The Hall–Kier alpha value is -1.20. The van der Waals surface area contributed by atoms with Crippen molar-refractivity contribution in [2.75, 3.05) is 0 Å². The average Bonchev–Trinajstić information content (AvgIpc) is 2.68. The van der Waals surface area contributed by atoms with Crippen molar-refractivity contribution in [3.8, 4) is 0 Å². The van der Waals surface area contributed by atoms with E-state index in [0.717, 1.165) is 42.7 Å². The normalized spacial score (nSPS) is 17.8. The molecule has 2 rings (SSSR count). The first-order valence-corrected chi connectivity index (χ1v) is 14.3. The molecule has 4 nitrogen and oxygen atoms in total. The number of benzene rings is 1. The van der Waals surface area contributed by atoms with Crippen LogP contribution in [-0.4, -0.2) is 14.0 Å². The van der Waals surface area contributed by atoms with E-state index in [1.807, 2.05) is 12.1 Å². The largest absolute Gasteiger partial charge is 0.410 e. The highest BCUT2D eigenvalue weighted by Crippen LogP contribution is 2.46. The van der Waals surface area contributed by atoms with Gasteiger partial charge < -0.3 is 4.43 Å². The van der Waals surface area contributed by atoms with Gasteiger partial charge >= 0.3 is 0 Å². The molecule has 1 aromatic carbocycles. The van der Waals surface area contributed by atoms with Gasteiger partial charge in [-0.15, -0.1) is 0 Å². The molecule has 0 saturated heterocycles. The standard InChI is InChI=1S/C25H42NO3Si/c1-7-8-14-20-15-16-21(18-23(20)26(27)28)24(29-30(5)6)22(25(2,3)4)17-19-12-10-9-11-13-19/h15-16,18-19,22,24H,7-14,17H2,1-6H3. The molecule has 1 saturated carbocycles. The van der Waals surface area contributed by atoms with Crippen LogP contribution < -0.4 is 0 Å². The molecule has 0 aromatic heterocycles. The maximum Gasteiger partial charge on any atom is 0.272 e. The minimum Gasteiger partial charge on any atom is -0.410 e. The van der Waals surface area contributed by atoms with Crippen LogP contribution in [0.25, 0.3) is 0 Å². The SMILES string of the molecule is CCCCc1ccc(C(O[Si](C)C)C(CC2CCCCC2)C(C)(C)C)cc1[N+](=O)[O-]. The Labute approximate surface area is 185 Å². The zero-order chi connectivity index (χ0) is 22.3. The number of unbranched alkanes of at least 4 members (excludes halogenated alkanes) is 1. The molecule has 0 amide bonds. The molecule has 1 radical (unpaired) electrons. The van der Waals surface area contributed by atoms with Crippen molar-refractivity contribution in [3.05, 3.63) is 39.4 Å². The van der Waals surface area contributed by atoms with Crippen molar-refractivity contribution in [3.63, 3.8) is 0 Å². The van der Waals surface area contributed by atoms with Gasteiger partial charge in [0.2, 0.25) is 9.04 Å². The highest BCUT2D eigenvalue weighted by Gasteiger charge is 2.37. The lowest BCUT2D eigenvalue weighted by Gasteiger charge is -2.41. The van der Waals surface area contributed by atoms with Gasteiger partial charge in [-0.1, -0.05) is 78.4 Å². The summed E-state index contributed by atoms with van der Waals surface area (Å²) in [4.78, 5) is 11.6. The van der Waals surface area contributed by atoms with E-state index in [1.165, 1.54) is 32.1 Å². The molecular weight excluding hydrogens is 390 g/mol. The minimum atomic E-state index is -0.951.